The summed E-state index contributed by atoms with van der Waals surface area (Å²) in [7, 11) is 1.61. The molecule has 19 heavy (non-hydrogen) atoms. The van der Waals surface area contributed by atoms with Gasteiger partial charge in [0.2, 0.25) is 0 Å². The van der Waals surface area contributed by atoms with Crippen molar-refractivity contribution in [1.82, 2.24) is 15.1 Å². The molecule has 0 bridgehead atoms. The molecule has 0 aromatic carbocycles. The van der Waals surface area contributed by atoms with Crippen LogP contribution in [0.4, 0.5) is 5.69 Å². The van der Waals surface area contributed by atoms with Crippen LogP contribution in [-0.4, -0.2) is 35.5 Å². The van der Waals surface area contributed by atoms with Crippen molar-refractivity contribution in [2.75, 3.05) is 24.5 Å². The maximum absolute atomic E-state index is 11.8. The molecule has 1 aromatic heterocycles. The minimum atomic E-state index is -0.234. The van der Waals surface area contributed by atoms with Crippen molar-refractivity contribution in [3.63, 3.8) is 0 Å². The summed E-state index contributed by atoms with van der Waals surface area (Å²) in [6.45, 7) is 5.00. The molecule has 5 nitrogen and oxygen atoms in total. The zero-order valence-corrected chi connectivity index (χ0v) is 12.3. The Labute approximate surface area is 118 Å². The van der Waals surface area contributed by atoms with Crippen LogP contribution in [0.25, 0.3) is 0 Å². The smallest absolute Gasteiger partial charge is 0.287 e. The zero-order valence-electron chi connectivity index (χ0n) is 11.5. The van der Waals surface area contributed by atoms with Gasteiger partial charge in [-0.15, -0.1) is 0 Å². The lowest BCUT2D eigenvalue weighted by atomic mass is 10.1. The molecule has 2 rings (SSSR count). The van der Waals surface area contributed by atoms with Gasteiger partial charge >= 0.3 is 0 Å². The third kappa shape index (κ3) is 3.28. The third-order valence-corrected chi connectivity index (χ3v) is 3.86. The number of aryl methyl sites for hydroxylation is 1. The van der Waals surface area contributed by atoms with E-state index in [-0.39, 0.29) is 10.6 Å². The predicted octanol–water partition coefficient (Wildman–Crippen LogP) is 1.40. The maximum Gasteiger partial charge on any atom is 0.287 e. The second kappa shape index (κ2) is 6.39. The summed E-state index contributed by atoms with van der Waals surface area (Å²) >= 11 is 6.15. The average Bonchev–Trinajstić information content (AvgIpc) is 2.43. The molecule has 1 aliphatic heterocycles. The molecule has 1 atom stereocenters. The molecular weight excluding hydrogens is 264 g/mol. The van der Waals surface area contributed by atoms with Gasteiger partial charge in [0.05, 0.1) is 11.9 Å². The summed E-state index contributed by atoms with van der Waals surface area (Å²) in [5.74, 6) is 0. The first-order valence-electron chi connectivity index (χ1n) is 6.83. The number of piperidine rings is 1. The van der Waals surface area contributed by atoms with Crippen LogP contribution in [0.3, 0.4) is 0 Å². The molecule has 0 amide bonds. The van der Waals surface area contributed by atoms with Crippen molar-refractivity contribution in [2.24, 2.45) is 7.05 Å². The molecule has 1 aliphatic rings. The number of hydrogen-bond donors (Lipinski definition) is 1. The number of nitrogens with one attached hydrogen (secondary N) is 1. The quantitative estimate of drug-likeness (QED) is 0.908. The average molecular weight is 285 g/mol. The van der Waals surface area contributed by atoms with Crippen LogP contribution in [0, 0.1) is 0 Å². The fraction of sp³-hybridized carbons (Fsp3) is 0.692. The van der Waals surface area contributed by atoms with Gasteiger partial charge in [0.1, 0.15) is 5.02 Å². The first-order chi connectivity index (χ1) is 9.13. The van der Waals surface area contributed by atoms with Gasteiger partial charge in [0.25, 0.3) is 5.56 Å². The van der Waals surface area contributed by atoms with Crippen LogP contribution in [-0.2, 0) is 7.05 Å². The van der Waals surface area contributed by atoms with Crippen LogP contribution >= 0.6 is 11.6 Å². The van der Waals surface area contributed by atoms with Crippen molar-refractivity contribution in [3.8, 4) is 0 Å². The normalized spacial score (nSPS) is 19.7. The molecule has 1 aromatic rings. The predicted molar refractivity (Wildman–Crippen MR) is 78.0 cm³/mol. The van der Waals surface area contributed by atoms with Crippen LogP contribution in [0.2, 0.25) is 5.02 Å². The SMILES string of the molecule is CCCNC1CCCN(c2cnn(C)c(=O)c2Cl)C1. The molecule has 0 radical (unpaired) electrons. The fourth-order valence-corrected chi connectivity index (χ4v) is 2.72. The Hall–Kier alpha value is -1.07. The molecule has 1 saturated heterocycles. The van der Waals surface area contributed by atoms with Crippen LogP contribution < -0.4 is 15.8 Å². The van der Waals surface area contributed by atoms with Crippen LogP contribution in [0.1, 0.15) is 26.2 Å². The van der Waals surface area contributed by atoms with E-state index in [1.54, 1.807) is 13.2 Å². The standard InChI is InChI=1S/C13H21ClN4O/c1-3-6-15-10-5-4-7-18(9-10)11-8-16-17(2)13(19)12(11)14/h8,10,15H,3-7,9H2,1-2H3. The summed E-state index contributed by atoms with van der Waals surface area (Å²) in [5, 5.41) is 7.86. The molecular formula is C13H21ClN4O. The first kappa shape index (κ1) is 14.3. The number of nitrogens with zero attached hydrogens (tertiary/aromatic N) is 3. The highest BCUT2D eigenvalue weighted by Gasteiger charge is 2.22. The maximum atomic E-state index is 11.8. The lowest BCUT2D eigenvalue weighted by Crippen LogP contribution is -2.46. The van der Waals surface area contributed by atoms with E-state index >= 15 is 0 Å². The van der Waals surface area contributed by atoms with E-state index in [0.29, 0.717) is 6.04 Å². The van der Waals surface area contributed by atoms with E-state index in [1.165, 1.54) is 11.1 Å². The highest BCUT2D eigenvalue weighted by atomic mass is 35.5. The van der Waals surface area contributed by atoms with Crippen LogP contribution in [0.5, 0.6) is 0 Å². The highest BCUT2D eigenvalue weighted by Crippen LogP contribution is 2.24. The summed E-state index contributed by atoms with van der Waals surface area (Å²) in [6.07, 6.45) is 5.09. The number of anilines is 1. The van der Waals surface area contributed by atoms with E-state index in [0.717, 1.165) is 38.2 Å². The Morgan fingerprint density at radius 2 is 2.37 bits per heavy atom. The Morgan fingerprint density at radius 3 is 3.11 bits per heavy atom. The molecule has 2 heterocycles. The molecule has 0 saturated carbocycles. The topological polar surface area (TPSA) is 50.2 Å². The van der Waals surface area contributed by atoms with Crippen LogP contribution in [0.15, 0.2) is 11.0 Å². The zero-order chi connectivity index (χ0) is 13.8. The second-order valence-electron chi connectivity index (χ2n) is 5.01. The lowest BCUT2D eigenvalue weighted by Gasteiger charge is -2.35. The molecule has 6 heteroatoms. The van der Waals surface area contributed by atoms with Gasteiger partial charge < -0.3 is 10.2 Å². The largest absolute Gasteiger partial charge is 0.367 e. The molecule has 0 aliphatic carbocycles. The van der Waals surface area contributed by atoms with Gasteiger partial charge in [0.15, 0.2) is 0 Å². The number of rotatable bonds is 4. The van der Waals surface area contributed by atoms with Crippen molar-refractivity contribution in [1.29, 1.82) is 0 Å². The Bertz CT molecular complexity index is 488. The Morgan fingerprint density at radius 1 is 1.58 bits per heavy atom. The summed E-state index contributed by atoms with van der Waals surface area (Å²) in [4.78, 5) is 14.0. The minimum Gasteiger partial charge on any atom is -0.367 e. The van der Waals surface area contributed by atoms with Gasteiger partial charge in [-0.25, -0.2) is 4.68 Å². The van der Waals surface area contributed by atoms with Gasteiger partial charge in [-0.2, -0.15) is 5.10 Å². The van der Waals surface area contributed by atoms with E-state index < -0.39 is 0 Å². The molecule has 1 fully saturated rings. The first-order valence-corrected chi connectivity index (χ1v) is 7.21. The number of halogens is 1. The number of aromatic nitrogens is 2. The lowest BCUT2D eigenvalue weighted by molar-refractivity contribution is 0.423. The van der Waals surface area contributed by atoms with Gasteiger partial charge in [-0.3, -0.25) is 4.79 Å². The molecule has 0 spiro atoms. The van der Waals surface area contributed by atoms with E-state index in [2.05, 4.69) is 22.2 Å². The molecule has 1 N–H and O–H groups in total. The second-order valence-corrected chi connectivity index (χ2v) is 5.39. The van der Waals surface area contributed by atoms with E-state index in [1.807, 2.05) is 0 Å². The van der Waals surface area contributed by atoms with Crippen molar-refractivity contribution in [2.45, 2.75) is 32.2 Å². The van der Waals surface area contributed by atoms with Crippen molar-refractivity contribution >= 4 is 17.3 Å². The Kier molecular flexibility index (Phi) is 4.82. The number of hydrogen-bond acceptors (Lipinski definition) is 4. The monoisotopic (exact) mass is 284 g/mol. The minimum absolute atomic E-state index is 0.234. The fourth-order valence-electron chi connectivity index (χ4n) is 2.43. The third-order valence-electron chi connectivity index (χ3n) is 3.50. The summed E-state index contributed by atoms with van der Waals surface area (Å²) in [6, 6.07) is 0.467. The van der Waals surface area contributed by atoms with E-state index in [9.17, 15) is 4.79 Å². The summed E-state index contributed by atoms with van der Waals surface area (Å²) < 4.78 is 1.27. The Balaban J connectivity index is 2.13. The molecule has 106 valence electrons. The van der Waals surface area contributed by atoms with E-state index in [4.69, 9.17) is 11.6 Å². The molecule has 1 unspecified atom stereocenters. The van der Waals surface area contributed by atoms with Crippen molar-refractivity contribution in [3.05, 3.63) is 21.6 Å². The summed E-state index contributed by atoms with van der Waals surface area (Å²) in [5.41, 5.74) is 0.524. The highest BCUT2D eigenvalue weighted by molar-refractivity contribution is 6.33. The van der Waals surface area contributed by atoms with Crippen molar-refractivity contribution < 1.29 is 0 Å². The van der Waals surface area contributed by atoms with Gasteiger partial charge in [-0.05, 0) is 25.8 Å². The van der Waals surface area contributed by atoms with Gasteiger partial charge in [0, 0.05) is 26.2 Å². The van der Waals surface area contributed by atoms with Gasteiger partial charge in [-0.1, -0.05) is 18.5 Å².